The minimum absolute atomic E-state index is 0.00421. The van der Waals surface area contributed by atoms with Crippen molar-refractivity contribution in [2.24, 2.45) is 0 Å². The minimum atomic E-state index is -0.0881. The molecule has 0 unspecified atom stereocenters. The van der Waals surface area contributed by atoms with Crippen LogP contribution in [-0.4, -0.2) is 30.4 Å². The molecule has 0 aliphatic carbocycles. The summed E-state index contributed by atoms with van der Waals surface area (Å²) in [6.45, 7) is 4.26. The highest BCUT2D eigenvalue weighted by Gasteiger charge is 2.35. The SMILES string of the molecule is CC[C@H](C(=O)NCC1(Sc2ccccc2)CCOCC1)c1ccccc1. The van der Waals surface area contributed by atoms with Crippen molar-refractivity contribution in [3.63, 3.8) is 0 Å². The van der Waals surface area contributed by atoms with E-state index >= 15 is 0 Å². The number of carbonyl (C=O) groups excluding carboxylic acids is 1. The second-order valence-corrected chi connectivity index (χ2v) is 8.34. The summed E-state index contributed by atoms with van der Waals surface area (Å²) < 4.78 is 5.59. The normalized spacial score (nSPS) is 17.4. The highest BCUT2D eigenvalue weighted by atomic mass is 32.2. The molecule has 4 heteroatoms. The molecular formula is C22H27NO2S. The second-order valence-electron chi connectivity index (χ2n) is 6.80. The zero-order chi connectivity index (χ0) is 18.2. The number of ether oxygens (including phenoxy) is 1. The van der Waals surface area contributed by atoms with Gasteiger partial charge < -0.3 is 10.1 Å². The molecule has 2 aromatic carbocycles. The Morgan fingerprint density at radius 2 is 1.69 bits per heavy atom. The van der Waals surface area contributed by atoms with Gasteiger partial charge in [0.1, 0.15) is 0 Å². The number of thioether (sulfide) groups is 1. The third-order valence-electron chi connectivity index (χ3n) is 4.99. The molecule has 138 valence electrons. The van der Waals surface area contributed by atoms with Gasteiger partial charge in [-0.3, -0.25) is 4.79 Å². The van der Waals surface area contributed by atoms with Crippen molar-refractivity contribution in [1.82, 2.24) is 5.32 Å². The molecule has 1 amide bonds. The van der Waals surface area contributed by atoms with Gasteiger partial charge in [-0.25, -0.2) is 0 Å². The highest BCUT2D eigenvalue weighted by molar-refractivity contribution is 8.00. The van der Waals surface area contributed by atoms with E-state index in [9.17, 15) is 4.79 Å². The van der Waals surface area contributed by atoms with Crippen molar-refractivity contribution < 1.29 is 9.53 Å². The maximum Gasteiger partial charge on any atom is 0.227 e. The van der Waals surface area contributed by atoms with Crippen LogP contribution >= 0.6 is 11.8 Å². The van der Waals surface area contributed by atoms with Crippen molar-refractivity contribution >= 4 is 17.7 Å². The van der Waals surface area contributed by atoms with Crippen molar-refractivity contribution in [3.05, 3.63) is 66.2 Å². The number of amides is 1. The van der Waals surface area contributed by atoms with Gasteiger partial charge in [0.25, 0.3) is 0 Å². The van der Waals surface area contributed by atoms with E-state index in [1.54, 1.807) is 0 Å². The highest BCUT2D eigenvalue weighted by Crippen LogP contribution is 2.40. The van der Waals surface area contributed by atoms with Crippen LogP contribution in [0.15, 0.2) is 65.6 Å². The fourth-order valence-electron chi connectivity index (χ4n) is 3.43. The molecule has 1 fully saturated rings. The van der Waals surface area contributed by atoms with Crippen molar-refractivity contribution in [2.45, 2.75) is 41.7 Å². The molecule has 1 atom stereocenters. The fourth-order valence-corrected chi connectivity index (χ4v) is 4.73. The van der Waals surface area contributed by atoms with Crippen molar-refractivity contribution in [1.29, 1.82) is 0 Å². The Balaban J connectivity index is 1.68. The number of hydrogen-bond acceptors (Lipinski definition) is 3. The largest absolute Gasteiger partial charge is 0.381 e. The van der Waals surface area contributed by atoms with Crippen LogP contribution in [0.1, 0.15) is 37.7 Å². The van der Waals surface area contributed by atoms with Gasteiger partial charge >= 0.3 is 0 Å². The zero-order valence-electron chi connectivity index (χ0n) is 15.3. The standard InChI is InChI=1S/C22H27NO2S/c1-2-20(18-9-5-3-6-10-18)21(24)23-17-22(13-15-25-16-14-22)26-19-11-7-4-8-12-19/h3-12,20H,2,13-17H2,1H3,(H,23,24)/t20-/m0/s1. The summed E-state index contributed by atoms with van der Waals surface area (Å²) in [5.41, 5.74) is 1.09. The number of hydrogen-bond donors (Lipinski definition) is 1. The van der Waals surface area contributed by atoms with E-state index in [1.807, 2.05) is 48.2 Å². The predicted octanol–water partition coefficient (Wildman–Crippen LogP) is 4.64. The van der Waals surface area contributed by atoms with Crippen LogP contribution in [0.5, 0.6) is 0 Å². The summed E-state index contributed by atoms with van der Waals surface area (Å²) in [6, 6.07) is 20.5. The zero-order valence-corrected chi connectivity index (χ0v) is 16.1. The lowest BCUT2D eigenvalue weighted by Crippen LogP contribution is -2.45. The Labute approximate surface area is 160 Å². The van der Waals surface area contributed by atoms with E-state index in [0.29, 0.717) is 6.54 Å². The van der Waals surface area contributed by atoms with E-state index in [0.717, 1.165) is 38.0 Å². The van der Waals surface area contributed by atoms with Crippen LogP contribution in [0.3, 0.4) is 0 Å². The van der Waals surface area contributed by atoms with Gasteiger partial charge in [-0.1, -0.05) is 55.5 Å². The van der Waals surface area contributed by atoms with Gasteiger partial charge in [0.15, 0.2) is 0 Å². The molecule has 1 saturated heterocycles. The van der Waals surface area contributed by atoms with Gasteiger partial charge in [-0.2, -0.15) is 0 Å². The smallest absolute Gasteiger partial charge is 0.227 e. The molecule has 1 aliphatic heterocycles. The molecule has 26 heavy (non-hydrogen) atoms. The van der Waals surface area contributed by atoms with Crippen LogP contribution in [0.4, 0.5) is 0 Å². The molecule has 0 spiro atoms. The second kappa shape index (κ2) is 9.24. The summed E-state index contributed by atoms with van der Waals surface area (Å²) in [5.74, 6) is 0.0352. The number of rotatable bonds is 7. The summed E-state index contributed by atoms with van der Waals surface area (Å²) in [7, 11) is 0. The lowest BCUT2D eigenvalue weighted by Gasteiger charge is -2.37. The Kier molecular flexibility index (Phi) is 6.75. The first-order valence-electron chi connectivity index (χ1n) is 9.37. The lowest BCUT2D eigenvalue weighted by atomic mass is 9.94. The molecule has 3 nitrogen and oxygen atoms in total. The number of carbonyl (C=O) groups is 1. The average Bonchev–Trinajstić information content (AvgIpc) is 2.69. The first-order valence-corrected chi connectivity index (χ1v) is 10.2. The quantitative estimate of drug-likeness (QED) is 0.773. The van der Waals surface area contributed by atoms with Crippen LogP contribution in [0, 0.1) is 0 Å². The molecule has 0 saturated carbocycles. The minimum Gasteiger partial charge on any atom is -0.381 e. The Hall–Kier alpha value is -1.78. The monoisotopic (exact) mass is 369 g/mol. The molecule has 3 rings (SSSR count). The molecule has 1 aliphatic rings. The first-order chi connectivity index (χ1) is 12.7. The van der Waals surface area contributed by atoms with Crippen LogP contribution in [0.2, 0.25) is 0 Å². The van der Waals surface area contributed by atoms with Crippen LogP contribution in [-0.2, 0) is 9.53 Å². The van der Waals surface area contributed by atoms with Gasteiger partial charge in [0, 0.05) is 29.4 Å². The third-order valence-corrected chi connectivity index (χ3v) is 6.49. The Morgan fingerprint density at radius 3 is 2.31 bits per heavy atom. The summed E-state index contributed by atoms with van der Waals surface area (Å²) in [5, 5.41) is 3.25. The maximum absolute atomic E-state index is 12.9. The summed E-state index contributed by atoms with van der Waals surface area (Å²) in [4.78, 5) is 14.1. The molecule has 1 N–H and O–H groups in total. The predicted molar refractivity (Wildman–Crippen MR) is 108 cm³/mol. The average molecular weight is 370 g/mol. The molecular weight excluding hydrogens is 342 g/mol. The van der Waals surface area contributed by atoms with Crippen molar-refractivity contribution in [2.75, 3.05) is 19.8 Å². The Morgan fingerprint density at radius 1 is 1.08 bits per heavy atom. The van der Waals surface area contributed by atoms with Gasteiger partial charge in [-0.15, -0.1) is 11.8 Å². The molecule has 2 aromatic rings. The fraction of sp³-hybridized carbons (Fsp3) is 0.409. The maximum atomic E-state index is 12.9. The van der Waals surface area contributed by atoms with Crippen molar-refractivity contribution in [3.8, 4) is 0 Å². The molecule has 0 aromatic heterocycles. The molecule has 1 heterocycles. The van der Waals surface area contributed by atoms with Gasteiger partial charge in [0.05, 0.1) is 5.92 Å². The lowest BCUT2D eigenvalue weighted by molar-refractivity contribution is -0.122. The van der Waals surface area contributed by atoms with E-state index in [-0.39, 0.29) is 16.6 Å². The van der Waals surface area contributed by atoms with E-state index < -0.39 is 0 Å². The van der Waals surface area contributed by atoms with Gasteiger partial charge in [0.2, 0.25) is 5.91 Å². The Bertz CT molecular complexity index is 684. The molecule has 0 bridgehead atoms. The molecule has 0 radical (unpaired) electrons. The van der Waals surface area contributed by atoms with Gasteiger partial charge in [-0.05, 0) is 37.0 Å². The van der Waals surface area contributed by atoms with E-state index in [4.69, 9.17) is 4.74 Å². The summed E-state index contributed by atoms with van der Waals surface area (Å²) >= 11 is 1.87. The number of benzene rings is 2. The summed E-state index contributed by atoms with van der Waals surface area (Å²) in [6.07, 6.45) is 2.71. The van der Waals surface area contributed by atoms with E-state index in [2.05, 4.69) is 36.5 Å². The topological polar surface area (TPSA) is 38.3 Å². The van der Waals surface area contributed by atoms with Crippen LogP contribution in [0.25, 0.3) is 0 Å². The third kappa shape index (κ3) is 4.89. The van der Waals surface area contributed by atoms with E-state index in [1.165, 1.54) is 4.90 Å². The number of nitrogens with one attached hydrogen (secondary N) is 1. The first kappa shape index (κ1) is 19.0. The van der Waals surface area contributed by atoms with Crippen LogP contribution < -0.4 is 5.32 Å².